The van der Waals surface area contributed by atoms with Gasteiger partial charge < -0.3 is 14.8 Å². The number of nitrogens with one attached hydrogen (secondary N) is 1. The summed E-state index contributed by atoms with van der Waals surface area (Å²) >= 11 is 3.38. The van der Waals surface area contributed by atoms with Gasteiger partial charge in [0.2, 0.25) is 6.79 Å². The summed E-state index contributed by atoms with van der Waals surface area (Å²) in [5, 5.41) is 2.75. The Kier molecular flexibility index (Phi) is 3.20. The van der Waals surface area contributed by atoms with E-state index in [0.29, 0.717) is 33.9 Å². The highest BCUT2D eigenvalue weighted by Gasteiger charge is 2.25. The molecule has 0 saturated carbocycles. The molecule has 2 aliphatic rings. The van der Waals surface area contributed by atoms with Gasteiger partial charge in [-0.3, -0.25) is 9.59 Å². The number of carbonyl (C=O) groups is 2. The van der Waals surface area contributed by atoms with Gasteiger partial charge in [-0.05, 0) is 42.5 Å². The van der Waals surface area contributed by atoms with E-state index in [1.165, 1.54) is 6.08 Å². The molecule has 5 nitrogen and oxygen atoms in total. The Balaban J connectivity index is 1.72. The predicted octanol–water partition coefficient (Wildman–Crippen LogP) is 3.40. The predicted molar refractivity (Wildman–Crippen MR) is 87.6 cm³/mol. The molecule has 0 aromatic heterocycles. The molecule has 1 amide bonds. The van der Waals surface area contributed by atoms with Gasteiger partial charge in [-0.1, -0.05) is 15.9 Å². The largest absolute Gasteiger partial charge is 0.454 e. The molecule has 2 aliphatic heterocycles. The molecule has 0 unspecified atom stereocenters. The number of fused-ring (bicyclic) bond motifs is 2. The summed E-state index contributed by atoms with van der Waals surface area (Å²) in [5.41, 5.74) is 2.20. The maximum atomic E-state index is 12.5. The summed E-state index contributed by atoms with van der Waals surface area (Å²) in [4.78, 5) is 24.6. The molecule has 4 rings (SSSR count). The quantitative estimate of drug-likeness (QED) is 0.648. The normalized spacial score (nSPS) is 16.4. The van der Waals surface area contributed by atoms with Crippen molar-refractivity contribution >= 4 is 38.9 Å². The molecule has 2 aromatic rings. The molecule has 0 atom stereocenters. The third kappa shape index (κ3) is 2.41. The molecule has 2 heterocycles. The van der Waals surface area contributed by atoms with Gasteiger partial charge in [-0.2, -0.15) is 0 Å². The van der Waals surface area contributed by atoms with Crippen LogP contribution in [0.1, 0.15) is 15.9 Å². The Morgan fingerprint density at radius 1 is 1.13 bits per heavy atom. The van der Waals surface area contributed by atoms with Crippen LogP contribution in [0.4, 0.5) is 5.69 Å². The van der Waals surface area contributed by atoms with Crippen molar-refractivity contribution in [1.82, 2.24) is 0 Å². The minimum Gasteiger partial charge on any atom is -0.454 e. The van der Waals surface area contributed by atoms with Crippen molar-refractivity contribution in [3.05, 3.63) is 58.1 Å². The van der Waals surface area contributed by atoms with Crippen molar-refractivity contribution in [1.29, 1.82) is 0 Å². The Morgan fingerprint density at radius 2 is 1.96 bits per heavy atom. The fraction of sp³-hybridized carbons (Fsp3) is 0.0588. The van der Waals surface area contributed by atoms with Crippen LogP contribution in [0.5, 0.6) is 11.5 Å². The van der Waals surface area contributed by atoms with Crippen LogP contribution in [0.2, 0.25) is 0 Å². The van der Waals surface area contributed by atoms with Crippen molar-refractivity contribution in [2.24, 2.45) is 0 Å². The lowest BCUT2D eigenvalue weighted by Crippen LogP contribution is -2.06. The average molecular weight is 372 g/mol. The number of ether oxygens (including phenoxy) is 2. The van der Waals surface area contributed by atoms with Crippen LogP contribution in [-0.2, 0) is 4.79 Å². The van der Waals surface area contributed by atoms with Gasteiger partial charge in [0.1, 0.15) is 0 Å². The smallest absolute Gasteiger partial charge is 0.256 e. The summed E-state index contributed by atoms with van der Waals surface area (Å²) in [5.74, 6) is 0.601. The van der Waals surface area contributed by atoms with Crippen molar-refractivity contribution in [2.45, 2.75) is 0 Å². The van der Waals surface area contributed by atoms with Gasteiger partial charge in [0.05, 0.1) is 5.57 Å². The van der Waals surface area contributed by atoms with E-state index in [2.05, 4.69) is 21.2 Å². The second kappa shape index (κ2) is 5.24. The third-order valence-electron chi connectivity index (χ3n) is 3.70. The number of benzene rings is 2. The van der Waals surface area contributed by atoms with Crippen LogP contribution in [0, 0.1) is 0 Å². The average Bonchev–Trinajstić information content (AvgIpc) is 3.12. The molecule has 0 bridgehead atoms. The zero-order valence-corrected chi connectivity index (χ0v) is 13.3. The first-order chi connectivity index (χ1) is 11.1. The molecule has 0 aliphatic carbocycles. The number of carbonyl (C=O) groups excluding carboxylic acids is 2. The second-order valence-corrected chi connectivity index (χ2v) is 6.05. The summed E-state index contributed by atoms with van der Waals surface area (Å²) in [6.07, 6.45) is 1.35. The van der Waals surface area contributed by atoms with Crippen LogP contribution in [0.15, 0.2) is 46.9 Å². The molecule has 0 saturated heterocycles. The number of ketones is 1. The van der Waals surface area contributed by atoms with E-state index in [9.17, 15) is 9.59 Å². The summed E-state index contributed by atoms with van der Waals surface area (Å²) in [6, 6.07) is 10.4. The van der Waals surface area contributed by atoms with E-state index < -0.39 is 0 Å². The van der Waals surface area contributed by atoms with Crippen LogP contribution >= 0.6 is 15.9 Å². The standard InChI is InChI=1S/C17H10BrNO4/c18-10-2-3-13-11(6-10)12(17(21)19-13)7-14(20)9-1-4-15-16(5-9)23-8-22-15/h1-7H,8H2,(H,19,21)/b12-7-. The van der Waals surface area contributed by atoms with E-state index in [-0.39, 0.29) is 18.5 Å². The molecule has 6 heteroatoms. The molecule has 23 heavy (non-hydrogen) atoms. The molecule has 0 spiro atoms. The number of hydrogen-bond donors (Lipinski definition) is 1. The minimum absolute atomic E-state index is 0.151. The van der Waals surface area contributed by atoms with Gasteiger partial charge >= 0.3 is 0 Å². The van der Waals surface area contributed by atoms with Crippen molar-refractivity contribution < 1.29 is 19.1 Å². The van der Waals surface area contributed by atoms with Gasteiger partial charge in [-0.15, -0.1) is 0 Å². The molecule has 2 aromatic carbocycles. The number of halogens is 1. The number of rotatable bonds is 2. The van der Waals surface area contributed by atoms with Crippen molar-refractivity contribution in [2.75, 3.05) is 12.1 Å². The third-order valence-corrected chi connectivity index (χ3v) is 4.19. The molecule has 114 valence electrons. The highest BCUT2D eigenvalue weighted by Crippen LogP contribution is 2.35. The highest BCUT2D eigenvalue weighted by atomic mass is 79.9. The van der Waals surface area contributed by atoms with Gasteiger partial charge in [0.15, 0.2) is 17.3 Å². The van der Waals surface area contributed by atoms with Crippen molar-refractivity contribution in [3.8, 4) is 11.5 Å². The van der Waals surface area contributed by atoms with Crippen LogP contribution in [0.3, 0.4) is 0 Å². The lowest BCUT2D eigenvalue weighted by atomic mass is 10.0. The number of amides is 1. The zero-order valence-electron chi connectivity index (χ0n) is 11.8. The first-order valence-corrected chi connectivity index (χ1v) is 7.68. The molecule has 0 radical (unpaired) electrons. The molecular weight excluding hydrogens is 362 g/mol. The van der Waals surface area contributed by atoms with E-state index in [1.54, 1.807) is 24.3 Å². The maximum absolute atomic E-state index is 12.5. The fourth-order valence-corrected chi connectivity index (χ4v) is 2.93. The van der Waals surface area contributed by atoms with E-state index >= 15 is 0 Å². The van der Waals surface area contributed by atoms with Crippen LogP contribution in [0.25, 0.3) is 5.57 Å². The maximum Gasteiger partial charge on any atom is 0.256 e. The number of anilines is 1. The number of allylic oxidation sites excluding steroid dienone is 1. The van der Waals surface area contributed by atoms with Gasteiger partial charge in [0.25, 0.3) is 5.91 Å². The van der Waals surface area contributed by atoms with Crippen LogP contribution in [-0.4, -0.2) is 18.5 Å². The van der Waals surface area contributed by atoms with E-state index in [4.69, 9.17) is 9.47 Å². The van der Waals surface area contributed by atoms with E-state index in [1.807, 2.05) is 12.1 Å². The van der Waals surface area contributed by atoms with E-state index in [0.717, 1.165) is 4.47 Å². The first kappa shape index (κ1) is 14.0. The topological polar surface area (TPSA) is 64.6 Å². The van der Waals surface area contributed by atoms with Crippen molar-refractivity contribution in [3.63, 3.8) is 0 Å². The first-order valence-electron chi connectivity index (χ1n) is 6.89. The highest BCUT2D eigenvalue weighted by molar-refractivity contribution is 9.10. The lowest BCUT2D eigenvalue weighted by molar-refractivity contribution is -0.110. The number of hydrogen-bond acceptors (Lipinski definition) is 4. The SMILES string of the molecule is O=C1Nc2ccc(Br)cc2/C1=C/C(=O)c1ccc2c(c1)OCO2. The monoisotopic (exact) mass is 371 g/mol. The lowest BCUT2D eigenvalue weighted by Gasteiger charge is -2.01. The fourth-order valence-electron chi connectivity index (χ4n) is 2.57. The Labute approximate surface area is 140 Å². The summed E-state index contributed by atoms with van der Waals surface area (Å²) in [6.45, 7) is 0.151. The molecule has 0 fully saturated rings. The molecular formula is C17H10BrNO4. The Hall–Kier alpha value is -2.60. The molecule has 1 N–H and O–H groups in total. The van der Waals surface area contributed by atoms with Gasteiger partial charge in [0, 0.05) is 21.3 Å². The van der Waals surface area contributed by atoms with Gasteiger partial charge in [-0.25, -0.2) is 0 Å². The minimum atomic E-state index is -0.285. The second-order valence-electron chi connectivity index (χ2n) is 5.13. The van der Waals surface area contributed by atoms with Crippen LogP contribution < -0.4 is 14.8 Å². The summed E-state index contributed by atoms with van der Waals surface area (Å²) in [7, 11) is 0. The Morgan fingerprint density at radius 3 is 2.83 bits per heavy atom. The summed E-state index contributed by atoms with van der Waals surface area (Å²) < 4.78 is 11.3. The Bertz CT molecular complexity index is 888. The zero-order chi connectivity index (χ0) is 16.0.